The molecule has 15 heavy (non-hydrogen) atoms. The SMILES string of the molecule is CC(CNCc1ccc(I)o1)C(C)(C)C. The van der Waals surface area contributed by atoms with Crippen molar-refractivity contribution in [3.8, 4) is 0 Å². The number of hydrogen-bond donors (Lipinski definition) is 1. The highest BCUT2D eigenvalue weighted by molar-refractivity contribution is 14.1. The van der Waals surface area contributed by atoms with Crippen molar-refractivity contribution in [1.82, 2.24) is 5.32 Å². The Bertz CT molecular complexity index is 301. The van der Waals surface area contributed by atoms with Crippen molar-refractivity contribution in [2.45, 2.75) is 34.2 Å². The molecule has 0 bridgehead atoms. The van der Waals surface area contributed by atoms with Crippen molar-refractivity contribution < 1.29 is 4.42 Å². The first-order chi connectivity index (χ1) is 6.89. The van der Waals surface area contributed by atoms with E-state index in [1.165, 1.54) is 0 Å². The van der Waals surface area contributed by atoms with Crippen LogP contribution in [0.25, 0.3) is 0 Å². The lowest BCUT2D eigenvalue weighted by molar-refractivity contribution is 0.250. The lowest BCUT2D eigenvalue weighted by atomic mass is 9.82. The summed E-state index contributed by atoms with van der Waals surface area (Å²) in [6.45, 7) is 10.9. The van der Waals surface area contributed by atoms with Crippen molar-refractivity contribution in [1.29, 1.82) is 0 Å². The highest BCUT2D eigenvalue weighted by atomic mass is 127. The third kappa shape index (κ3) is 4.55. The monoisotopic (exact) mass is 321 g/mol. The molecule has 0 radical (unpaired) electrons. The molecule has 2 nitrogen and oxygen atoms in total. The predicted molar refractivity (Wildman–Crippen MR) is 71.8 cm³/mol. The topological polar surface area (TPSA) is 25.2 Å². The second-order valence-electron chi connectivity index (χ2n) is 5.10. The van der Waals surface area contributed by atoms with Crippen LogP contribution in [0.5, 0.6) is 0 Å². The molecule has 0 aliphatic carbocycles. The van der Waals surface area contributed by atoms with E-state index in [1.54, 1.807) is 0 Å². The molecule has 0 fully saturated rings. The zero-order chi connectivity index (χ0) is 11.5. The number of rotatable bonds is 4. The maximum atomic E-state index is 5.48. The van der Waals surface area contributed by atoms with Crippen LogP contribution in [0.3, 0.4) is 0 Å². The van der Waals surface area contributed by atoms with E-state index in [2.05, 4.69) is 55.6 Å². The summed E-state index contributed by atoms with van der Waals surface area (Å²) in [7, 11) is 0. The fourth-order valence-electron chi connectivity index (χ4n) is 1.16. The van der Waals surface area contributed by atoms with Gasteiger partial charge in [0.05, 0.1) is 6.54 Å². The van der Waals surface area contributed by atoms with Crippen molar-refractivity contribution in [3.05, 3.63) is 21.7 Å². The molecule has 0 aliphatic heterocycles. The number of furan rings is 1. The summed E-state index contributed by atoms with van der Waals surface area (Å²) in [5, 5.41) is 3.42. The van der Waals surface area contributed by atoms with Crippen LogP contribution in [-0.4, -0.2) is 6.54 Å². The highest BCUT2D eigenvalue weighted by Gasteiger charge is 2.19. The van der Waals surface area contributed by atoms with Gasteiger partial charge in [-0.3, -0.25) is 0 Å². The molecule has 0 aliphatic rings. The van der Waals surface area contributed by atoms with E-state index < -0.39 is 0 Å². The Morgan fingerprint density at radius 1 is 1.40 bits per heavy atom. The average Bonchev–Trinajstić information content (AvgIpc) is 2.49. The number of nitrogens with one attached hydrogen (secondary N) is 1. The van der Waals surface area contributed by atoms with Crippen LogP contribution in [0.1, 0.15) is 33.5 Å². The fourth-order valence-corrected chi connectivity index (χ4v) is 1.63. The first-order valence-electron chi connectivity index (χ1n) is 5.34. The van der Waals surface area contributed by atoms with Crippen molar-refractivity contribution in [3.63, 3.8) is 0 Å². The molecule has 0 saturated heterocycles. The second kappa shape index (κ2) is 5.34. The molecule has 1 unspecified atom stereocenters. The molecule has 86 valence electrons. The molecule has 1 N–H and O–H groups in total. The summed E-state index contributed by atoms with van der Waals surface area (Å²) in [6.07, 6.45) is 0. The van der Waals surface area contributed by atoms with Gasteiger partial charge in [0.25, 0.3) is 0 Å². The van der Waals surface area contributed by atoms with E-state index in [0.717, 1.165) is 22.6 Å². The lowest BCUT2D eigenvalue weighted by Gasteiger charge is -2.27. The molecule has 1 aromatic heterocycles. The van der Waals surface area contributed by atoms with Gasteiger partial charge in [-0.1, -0.05) is 27.7 Å². The van der Waals surface area contributed by atoms with E-state index in [1.807, 2.05) is 12.1 Å². The van der Waals surface area contributed by atoms with Gasteiger partial charge in [-0.05, 0) is 52.6 Å². The maximum Gasteiger partial charge on any atom is 0.164 e. The van der Waals surface area contributed by atoms with Crippen LogP contribution in [-0.2, 0) is 6.54 Å². The van der Waals surface area contributed by atoms with Gasteiger partial charge in [0, 0.05) is 0 Å². The van der Waals surface area contributed by atoms with Crippen LogP contribution >= 0.6 is 22.6 Å². The minimum absolute atomic E-state index is 0.366. The Kier molecular flexibility index (Phi) is 4.64. The van der Waals surface area contributed by atoms with E-state index in [0.29, 0.717) is 11.3 Å². The largest absolute Gasteiger partial charge is 0.454 e. The normalized spacial score (nSPS) is 14.2. The summed E-state index contributed by atoms with van der Waals surface area (Å²) < 4.78 is 6.43. The van der Waals surface area contributed by atoms with Gasteiger partial charge in [-0.15, -0.1) is 0 Å². The van der Waals surface area contributed by atoms with Gasteiger partial charge in [0.15, 0.2) is 3.77 Å². The van der Waals surface area contributed by atoms with Gasteiger partial charge in [-0.25, -0.2) is 0 Å². The molecule has 1 aromatic rings. The molecule has 1 rings (SSSR count). The average molecular weight is 321 g/mol. The maximum absolute atomic E-state index is 5.48. The van der Waals surface area contributed by atoms with Crippen molar-refractivity contribution >= 4 is 22.6 Å². The summed E-state index contributed by atoms with van der Waals surface area (Å²) in [5.41, 5.74) is 0.366. The third-order valence-corrected chi connectivity index (χ3v) is 3.44. The molecule has 1 atom stereocenters. The van der Waals surface area contributed by atoms with Gasteiger partial charge in [0.2, 0.25) is 0 Å². The number of halogens is 1. The summed E-state index contributed by atoms with van der Waals surface area (Å²) in [5.74, 6) is 1.67. The summed E-state index contributed by atoms with van der Waals surface area (Å²) >= 11 is 2.18. The standard InChI is InChI=1S/C12H20INO/c1-9(12(2,3)4)7-14-8-10-5-6-11(13)15-10/h5-6,9,14H,7-8H2,1-4H3. The van der Waals surface area contributed by atoms with E-state index in [-0.39, 0.29) is 0 Å². The van der Waals surface area contributed by atoms with Crippen molar-refractivity contribution in [2.24, 2.45) is 11.3 Å². The Morgan fingerprint density at radius 3 is 2.53 bits per heavy atom. The molecule has 3 heteroatoms. The van der Waals surface area contributed by atoms with Crippen LogP contribution in [0.4, 0.5) is 0 Å². The van der Waals surface area contributed by atoms with Crippen LogP contribution in [0, 0.1) is 15.1 Å². The molecule has 0 amide bonds. The molecule has 0 spiro atoms. The second-order valence-corrected chi connectivity index (χ2v) is 6.17. The first-order valence-corrected chi connectivity index (χ1v) is 6.42. The first kappa shape index (κ1) is 13.0. The molecule has 0 saturated carbocycles. The highest BCUT2D eigenvalue weighted by Crippen LogP contribution is 2.24. The lowest BCUT2D eigenvalue weighted by Crippen LogP contribution is -2.29. The quantitative estimate of drug-likeness (QED) is 0.856. The zero-order valence-electron chi connectivity index (χ0n) is 9.93. The fraction of sp³-hybridized carbons (Fsp3) is 0.667. The van der Waals surface area contributed by atoms with Crippen LogP contribution < -0.4 is 5.32 Å². The molecular formula is C12H20INO. The summed E-state index contributed by atoms with van der Waals surface area (Å²) in [4.78, 5) is 0. The van der Waals surface area contributed by atoms with E-state index in [9.17, 15) is 0 Å². The zero-order valence-corrected chi connectivity index (χ0v) is 12.1. The Labute approximate surface area is 106 Å². The van der Waals surface area contributed by atoms with Gasteiger partial charge in [0.1, 0.15) is 5.76 Å². The van der Waals surface area contributed by atoms with Crippen LogP contribution in [0.15, 0.2) is 16.5 Å². The Morgan fingerprint density at radius 2 is 2.07 bits per heavy atom. The molecular weight excluding hydrogens is 301 g/mol. The van der Waals surface area contributed by atoms with Gasteiger partial charge in [-0.2, -0.15) is 0 Å². The third-order valence-electron chi connectivity index (χ3n) is 2.86. The smallest absolute Gasteiger partial charge is 0.164 e. The van der Waals surface area contributed by atoms with E-state index in [4.69, 9.17) is 4.42 Å². The van der Waals surface area contributed by atoms with Crippen LogP contribution in [0.2, 0.25) is 0 Å². The van der Waals surface area contributed by atoms with Gasteiger partial charge >= 0.3 is 0 Å². The minimum Gasteiger partial charge on any atom is -0.454 e. The Hall–Kier alpha value is -0.0300. The minimum atomic E-state index is 0.366. The van der Waals surface area contributed by atoms with Crippen molar-refractivity contribution in [2.75, 3.05) is 6.54 Å². The molecule has 1 heterocycles. The molecule has 0 aromatic carbocycles. The van der Waals surface area contributed by atoms with Gasteiger partial charge < -0.3 is 9.73 Å². The van der Waals surface area contributed by atoms with E-state index >= 15 is 0 Å². The Balaban J connectivity index is 2.28. The summed E-state index contributed by atoms with van der Waals surface area (Å²) in [6, 6.07) is 4.02. The predicted octanol–water partition coefficient (Wildman–Crippen LogP) is 3.66. The number of hydrogen-bond acceptors (Lipinski definition) is 2.